The number of carbonyl (C=O) groups is 1. The van der Waals surface area contributed by atoms with Gasteiger partial charge in [-0.25, -0.2) is 0 Å². The lowest BCUT2D eigenvalue weighted by Crippen LogP contribution is -2.19. The summed E-state index contributed by atoms with van der Waals surface area (Å²) in [4.78, 5) is 29.0. The van der Waals surface area contributed by atoms with Gasteiger partial charge in [0.2, 0.25) is 5.91 Å². The third-order valence-electron chi connectivity index (χ3n) is 4.95. The maximum atomic E-state index is 12.9. The highest BCUT2D eigenvalue weighted by Gasteiger charge is 2.16. The molecular weight excluding hydrogens is 376 g/mol. The average molecular weight is 398 g/mol. The number of rotatable bonds is 6. The minimum Gasteiger partial charge on any atom is -0.359 e. The van der Waals surface area contributed by atoms with Crippen LogP contribution in [0.3, 0.4) is 0 Å². The molecule has 0 aliphatic heterocycles. The number of aromatic nitrogens is 2. The summed E-state index contributed by atoms with van der Waals surface area (Å²) >= 11 is 0. The van der Waals surface area contributed by atoms with Crippen molar-refractivity contribution in [1.29, 1.82) is 0 Å². The molecule has 30 heavy (non-hydrogen) atoms. The Hall–Kier alpha value is -3.93. The predicted octanol–water partition coefficient (Wildman–Crippen LogP) is 3.81. The Morgan fingerprint density at radius 3 is 2.40 bits per heavy atom. The highest BCUT2D eigenvalue weighted by molar-refractivity contribution is 5.86. The lowest BCUT2D eigenvalue weighted by atomic mass is 10.1. The first-order chi connectivity index (χ1) is 14.7. The molecule has 0 radical (unpaired) electrons. The largest absolute Gasteiger partial charge is 0.359 e. The van der Waals surface area contributed by atoms with Crippen molar-refractivity contribution in [3.63, 3.8) is 0 Å². The van der Waals surface area contributed by atoms with Gasteiger partial charge in [-0.05, 0) is 36.2 Å². The van der Waals surface area contributed by atoms with Gasteiger partial charge >= 0.3 is 0 Å². The van der Waals surface area contributed by atoms with E-state index in [2.05, 4.69) is 15.6 Å². The standard InChI is InChI=1S/C24H22N4O2/c1-25-23(30)13-12-17-15-26-16-20-21(29)14-22(27-18-8-4-2-5-9-18)28(24(17)20)19-10-6-3-7-11-19/h2-11,14-16,27H,12-13H2,1H3,(H,25,30). The zero-order chi connectivity index (χ0) is 20.9. The molecule has 0 aliphatic carbocycles. The van der Waals surface area contributed by atoms with E-state index in [9.17, 15) is 9.59 Å². The van der Waals surface area contributed by atoms with Gasteiger partial charge < -0.3 is 10.6 Å². The SMILES string of the molecule is CNC(=O)CCc1cncc2c(=O)cc(Nc3ccccc3)n(-c3ccccc3)c12. The maximum Gasteiger partial charge on any atom is 0.220 e. The number of para-hydroxylation sites is 2. The summed E-state index contributed by atoms with van der Waals surface area (Å²) in [6, 6.07) is 21.1. The molecule has 2 aromatic carbocycles. The number of anilines is 2. The van der Waals surface area contributed by atoms with Crippen molar-refractivity contribution in [2.45, 2.75) is 12.8 Å². The fraction of sp³-hybridized carbons (Fsp3) is 0.125. The summed E-state index contributed by atoms with van der Waals surface area (Å²) in [5.41, 5.74) is 3.26. The molecule has 0 aliphatic rings. The Kier molecular flexibility index (Phi) is 5.57. The third kappa shape index (κ3) is 3.93. The van der Waals surface area contributed by atoms with Crippen molar-refractivity contribution in [2.24, 2.45) is 0 Å². The molecule has 6 nitrogen and oxygen atoms in total. The summed E-state index contributed by atoms with van der Waals surface area (Å²) in [5, 5.41) is 6.54. The summed E-state index contributed by atoms with van der Waals surface area (Å²) in [6.45, 7) is 0. The number of amides is 1. The highest BCUT2D eigenvalue weighted by Crippen LogP contribution is 2.27. The fourth-order valence-corrected chi connectivity index (χ4v) is 3.49. The molecule has 0 atom stereocenters. The smallest absolute Gasteiger partial charge is 0.220 e. The Morgan fingerprint density at radius 2 is 1.70 bits per heavy atom. The molecule has 2 N–H and O–H groups in total. The van der Waals surface area contributed by atoms with Crippen LogP contribution in [-0.2, 0) is 11.2 Å². The van der Waals surface area contributed by atoms with Crippen LogP contribution < -0.4 is 16.1 Å². The molecule has 0 bridgehead atoms. The van der Waals surface area contributed by atoms with Crippen LogP contribution in [0.4, 0.5) is 11.5 Å². The van der Waals surface area contributed by atoms with Gasteiger partial charge in [-0.2, -0.15) is 0 Å². The summed E-state index contributed by atoms with van der Waals surface area (Å²) in [6.07, 6.45) is 4.12. The van der Waals surface area contributed by atoms with Gasteiger partial charge in [-0.1, -0.05) is 36.4 Å². The second-order valence-corrected chi connectivity index (χ2v) is 6.92. The number of nitrogens with one attached hydrogen (secondary N) is 2. The molecule has 4 rings (SSSR count). The van der Waals surface area contributed by atoms with Crippen LogP contribution in [0.2, 0.25) is 0 Å². The summed E-state index contributed by atoms with van der Waals surface area (Å²) in [5.74, 6) is 0.594. The van der Waals surface area contributed by atoms with E-state index in [-0.39, 0.29) is 11.3 Å². The minimum atomic E-state index is -0.120. The van der Waals surface area contributed by atoms with E-state index in [4.69, 9.17) is 0 Å². The number of benzene rings is 2. The lowest BCUT2D eigenvalue weighted by Gasteiger charge is -2.20. The normalized spacial score (nSPS) is 10.7. The molecule has 0 fully saturated rings. The monoisotopic (exact) mass is 398 g/mol. The zero-order valence-electron chi connectivity index (χ0n) is 16.6. The predicted molar refractivity (Wildman–Crippen MR) is 119 cm³/mol. The Bertz CT molecular complexity index is 1230. The van der Waals surface area contributed by atoms with E-state index in [1.165, 1.54) is 0 Å². The van der Waals surface area contributed by atoms with E-state index < -0.39 is 0 Å². The zero-order valence-corrected chi connectivity index (χ0v) is 16.6. The molecule has 2 aromatic heterocycles. The van der Waals surface area contributed by atoms with Crippen molar-refractivity contribution < 1.29 is 4.79 Å². The average Bonchev–Trinajstić information content (AvgIpc) is 2.79. The van der Waals surface area contributed by atoms with Crippen molar-refractivity contribution >= 4 is 28.3 Å². The number of fused-ring (bicyclic) bond motifs is 1. The maximum absolute atomic E-state index is 12.9. The van der Waals surface area contributed by atoms with Crippen LogP contribution in [0.25, 0.3) is 16.6 Å². The number of hydrogen-bond acceptors (Lipinski definition) is 4. The van der Waals surface area contributed by atoms with Crippen LogP contribution >= 0.6 is 0 Å². The van der Waals surface area contributed by atoms with Crippen LogP contribution in [0.15, 0.2) is 83.9 Å². The Balaban J connectivity index is 1.96. The highest BCUT2D eigenvalue weighted by atomic mass is 16.1. The van der Waals surface area contributed by atoms with Gasteiger partial charge in [0, 0.05) is 43.3 Å². The summed E-state index contributed by atoms with van der Waals surface area (Å²) < 4.78 is 2.02. The van der Waals surface area contributed by atoms with Crippen LogP contribution in [0.1, 0.15) is 12.0 Å². The quantitative estimate of drug-likeness (QED) is 0.518. The van der Waals surface area contributed by atoms with Crippen molar-refractivity contribution in [3.8, 4) is 5.69 Å². The second-order valence-electron chi connectivity index (χ2n) is 6.92. The van der Waals surface area contributed by atoms with E-state index in [0.717, 1.165) is 22.5 Å². The first-order valence-electron chi connectivity index (χ1n) is 9.78. The molecule has 0 unspecified atom stereocenters. The first kappa shape index (κ1) is 19.4. The Labute approximate surface area is 174 Å². The number of carbonyl (C=O) groups excluding carboxylic acids is 1. The molecule has 0 saturated heterocycles. The molecule has 0 saturated carbocycles. The third-order valence-corrected chi connectivity index (χ3v) is 4.95. The molecule has 150 valence electrons. The van der Waals surface area contributed by atoms with Gasteiger partial charge in [-0.15, -0.1) is 0 Å². The van der Waals surface area contributed by atoms with Gasteiger partial charge in [0.15, 0.2) is 5.43 Å². The molecule has 6 heteroatoms. The molecule has 0 spiro atoms. The molecule has 1 amide bonds. The Morgan fingerprint density at radius 1 is 1.00 bits per heavy atom. The van der Waals surface area contributed by atoms with Gasteiger partial charge in [-0.3, -0.25) is 19.1 Å². The summed E-state index contributed by atoms with van der Waals surface area (Å²) in [7, 11) is 1.62. The van der Waals surface area contributed by atoms with E-state index >= 15 is 0 Å². The van der Waals surface area contributed by atoms with E-state index in [1.807, 2.05) is 65.2 Å². The van der Waals surface area contributed by atoms with Crippen molar-refractivity contribution in [3.05, 3.63) is 94.9 Å². The van der Waals surface area contributed by atoms with Crippen LogP contribution in [0, 0.1) is 0 Å². The van der Waals surface area contributed by atoms with Crippen LogP contribution in [-0.4, -0.2) is 22.5 Å². The van der Waals surface area contributed by atoms with E-state index in [1.54, 1.807) is 25.5 Å². The number of nitrogens with zero attached hydrogens (tertiary/aromatic N) is 2. The fourth-order valence-electron chi connectivity index (χ4n) is 3.49. The molecule has 4 aromatic rings. The van der Waals surface area contributed by atoms with Crippen molar-refractivity contribution in [2.75, 3.05) is 12.4 Å². The first-order valence-corrected chi connectivity index (χ1v) is 9.78. The van der Waals surface area contributed by atoms with Gasteiger partial charge in [0.1, 0.15) is 5.82 Å². The number of pyridine rings is 2. The second kappa shape index (κ2) is 8.61. The molecule has 2 heterocycles. The van der Waals surface area contributed by atoms with Gasteiger partial charge in [0.25, 0.3) is 0 Å². The number of aryl methyl sites for hydroxylation is 1. The topological polar surface area (TPSA) is 76.0 Å². The minimum absolute atomic E-state index is 0.0563. The van der Waals surface area contributed by atoms with Crippen molar-refractivity contribution in [1.82, 2.24) is 14.9 Å². The molecular formula is C24H22N4O2. The lowest BCUT2D eigenvalue weighted by molar-refractivity contribution is -0.120. The van der Waals surface area contributed by atoms with Gasteiger partial charge in [0.05, 0.1) is 10.9 Å². The number of hydrogen-bond donors (Lipinski definition) is 2. The van der Waals surface area contributed by atoms with E-state index in [0.29, 0.717) is 24.0 Å². The van der Waals surface area contributed by atoms with Crippen LogP contribution in [0.5, 0.6) is 0 Å².